The molecule has 0 radical (unpaired) electrons. The van der Waals surface area contributed by atoms with Crippen LogP contribution in [0.5, 0.6) is 11.9 Å². The highest BCUT2D eigenvalue weighted by atomic mass is 35.5. The number of hydrogen-bond acceptors (Lipinski definition) is 5. The van der Waals surface area contributed by atoms with Gasteiger partial charge in [0.25, 0.3) is 0 Å². The Morgan fingerprint density at radius 3 is 2.50 bits per heavy atom. The number of rotatable bonds is 6. The molecule has 1 aliphatic carbocycles. The lowest BCUT2D eigenvalue weighted by Gasteiger charge is -2.28. The average Bonchev–Trinajstić information content (AvgIpc) is 3.14. The Morgan fingerprint density at radius 2 is 1.82 bits per heavy atom. The summed E-state index contributed by atoms with van der Waals surface area (Å²) < 4.78 is 13.7. The van der Waals surface area contributed by atoms with Gasteiger partial charge in [-0.2, -0.15) is 0 Å². The Labute approximate surface area is 169 Å². The van der Waals surface area contributed by atoms with Crippen molar-refractivity contribution in [2.45, 2.75) is 44.6 Å². The molecular weight excluding hydrogens is 376 g/mol. The molecule has 3 aromatic rings. The van der Waals surface area contributed by atoms with E-state index in [1.807, 2.05) is 54.0 Å². The molecule has 0 saturated heterocycles. The molecule has 1 fully saturated rings. The second kappa shape index (κ2) is 8.61. The van der Waals surface area contributed by atoms with Crippen LogP contribution >= 0.6 is 11.6 Å². The molecule has 2 heterocycles. The van der Waals surface area contributed by atoms with Gasteiger partial charge in [0.1, 0.15) is 11.9 Å². The van der Waals surface area contributed by atoms with E-state index in [0.29, 0.717) is 29.4 Å². The number of nitrogens with zero attached hydrogens (tertiary/aromatic N) is 4. The third-order valence-corrected chi connectivity index (χ3v) is 5.23. The summed E-state index contributed by atoms with van der Waals surface area (Å²) in [6.07, 6.45) is 5.82. The summed E-state index contributed by atoms with van der Waals surface area (Å²) in [5.41, 5.74) is 0.958. The van der Waals surface area contributed by atoms with Gasteiger partial charge < -0.3 is 9.47 Å². The standard InChI is InChI=1S/C21H23ClN4O2/c1-2-27-21-25-24-20(26(21)17-10-8-16(22)9-11-17)15-6-12-18(13-7-15)28-19-5-3-4-14-23-19/h3-5,8-11,14-15,18H,2,6-7,12-13H2,1H3/t15-,18-. The van der Waals surface area contributed by atoms with Crippen LogP contribution in [-0.4, -0.2) is 32.5 Å². The molecule has 0 bridgehead atoms. The van der Waals surface area contributed by atoms with Gasteiger partial charge in [0, 0.05) is 23.2 Å². The summed E-state index contributed by atoms with van der Waals surface area (Å²) in [6, 6.07) is 13.9. The Kier molecular flexibility index (Phi) is 5.76. The quantitative estimate of drug-likeness (QED) is 0.595. The molecule has 6 nitrogen and oxygen atoms in total. The maximum atomic E-state index is 6.05. The Hall–Kier alpha value is -2.60. The van der Waals surface area contributed by atoms with E-state index in [1.165, 1.54) is 0 Å². The van der Waals surface area contributed by atoms with Crippen molar-refractivity contribution >= 4 is 11.6 Å². The van der Waals surface area contributed by atoms with Crippen LogP contribution < -0.4 is 9.47 Å². The van der Waals surface area contributed by atoms with Crippen LogP contribution in [0.2, 0.25) is 5.02 Å². The van der Waals surface area contributed by atoms with Gasteiger partial charge in [0.2, 0.25) is 5.88 Å². The van der Waals surface area contributed by atoms with E-state index in [9.17, 15) is 0 Å². The van der Waals surface area contributed by atoms with Gasteiger partial charge in [-0.15, -0.1) is 5.10 Å². The summed E-state index contributed by atoms with van der Waals surface area (Å²) >= 11 is 6.05. The van der Waals surface area contributed by atoms with E-state index in [-0.39, 0.29) is 6.10 Å². The molecule has 2 aromatic heterocycles. The van der Waals surface area contributed by atoms with Crippen LogP contribution in [0.3, 0.4) is 0 Å². The number of pyridine rings is 1. The first-order valence-corrected chi connectivity index (χ1v) is 10.0. The van der Waals surface area contributed by atoms with Gasteiger partial charge in [0.05, 0.1) is 12.3 Å². The minimum absolute atomic E-state index is 0.185. The lowest BCUT2D eigenvalue weighted by Crippen LogP contribution is -2.25. The van der Waals surface area contributed by atoms with Crippen molar-refractivity contribution in [1.29, 1.82) is 0 Å². The van der Waals surface area contributed by atoms with E-state index < -0.39 is 0 Å². The van der Waals surface area contributed by atoms with E-state index in [4.69, 9.17) is 21.1 Å². The molecule has 0 atom stereocenters. The zero-order chi connectivity index (χ0) is 19.3. The normalized spacial score (nSPS) is 19.4. The molecule has 28 heavy (non-hydrogen) atoms. The SMILES string of the molecule is CCOc1nnc([C@H]2CC[C@H](Oc3ccccn3)CC2)n1-c1ccc(Cl)cc1. The van der Waals surface area contributed by atoms with Crippen molar-refractivity contribution in [1.82, 2.24) is 19.7 Å². The summed E-state index contributed by atoms with van der Waals surface area (Å²) in [6.45, 7) is 2.48. The monoisotopic (exact) mass is 398 g/mol. The highest BCUT2D eigenvalue weighted by Gasteiger charge is 2.29. The van der Waals surface area contributed by atoms with Crippen molar-refractivity contribution < 1.29 is 9.47 Å². The van der Waals surface area contributed by atoms with E-state index in [2.05, 4.69) is 15.2 Å². The summed E-state index contributed by atoms with van der Waals surface area (Å²) in [7, 11) is 0. The van der Waals surface area contributed by atoms with Crippen molar-refractivity contribution in [3.63, 3.8) is 0 Å². The van der Waals surface area contributed by atoms with Gasteiger partial charge in [0.15, 0.2) is 0 Å². The van der Waals surface area contributed by atoms with E-state index in [0.717, 1.165) is 37.2 Å². The van der Waals surface area contributed by atoms with Crippen LogP contribution in [0.1, 0.15) is 44.3 Å². The average molecular weight is 399 g/mol. The molecule has 0 amide bonds. The van der Waals surface area contributed by atoms with Crippen molar-refractivity contribution in [2.24, 2.45) is 0 Å². The maximum absolute atomic E-state index is 6.05. The second-order valence-corrected chi connectivity index (χ2v) is 7.28. The topological polar surface area (TPSA) is 62.1 Å². The van der Waals surface area contributed by atoms with E-state index in [1.54, 1.807) is 6.20 Å². The zero-order valence-corrected chi connectivity index (χ0v) is 16.5. The molecule has 0 N–H and O–H groups in total. The lowest BCUT2D eigenvalue weighted by atomic mass is 9.86. The number of aromatic nitrogens is 4. The van der Waals surface area contributed by atoms with Crippen LogP contribution in [0.25, 0.3) is 5.69 Å². The van der Waals surface area contributed by atoms with Crippen LogP contribution in [0.4, 0.5) is 0 Å². The van der Waals surface area contributed by atoms with Crippen LogP contribution in [0, 0.1) is 0 Å². The second-order valence-electron chi connectivity index (χ2n) is 6.85. The Bertz CT molecular complexity index is 891. The number of halogens is 1. The molecule has 4 rings (SSSR count). The summed E-state index contributed by atoms with van der Waals surface area (Å²) in [5, 5.41) is 9.45. The highest BCUT2D eigenvalue weighted by molar-refractivity contribution is 6.30. The maximum Gasteiger partial charge on any atom is 0.321 e. The van der Waals surface area contributed by atoms with Gasteiger partial charge in [-0.25, -0.2) is 9.55 Å². The van der Waals surface area contributed by atoms with Crippen molar-refractivity contribution in [3.8, 4) is 17.6 Å². The Morgan fingerprint density at radius 1 is 1.04 bits per heavy atom. The van der Waals surface area contributed by atoms with Gasteiger partial charge in [-0.3, -0.25) is 0 Å². The van der Waals surface area contributed by atoms with Gasteiger partial charge in [-0.1, -0.05) is 22.8 Å². The molecule has 1 aliphatic rings. The molecule has 0 aliphatic heterocycles. The summed E-state index contributed by atoms with van der Waals surface area (Å²) in [4.78, 5) is 4.26. The van der Waals surface area contributed by atoms with Crippen LogP contribution in [-0.2, 0) is 0 Å². The predicted molar refractivity (Wildman–Crippen MR) is 107 cm³/mol. The minimum Gasteiger partial charge on any atom is -0.474 e. The lowest BCUT2D eigenvalue weighted by molar-refractivity contribution is 0.139. The molecule has 0 spiro atoms. The third-order valence-electron chi connectivity index (χ3n) is 4.98. The largest absolute Gasteiger partial charge is 0.474 e. The Balaban J connectivity index is 1.51. The smallest absolute Gasteiger partial charge is 0.321 e. The van der Waals surface area contributed by atoms with Crippen LogP contribution in [0.15, 0.2) is 48.7 Å². The third kappa shape index (κ3) is 4.12. The zero-order valence-electron chi connectivity index (χ0n) is 15.8. The van der Waals surface area contributed by atoms with E-state index >= 15 is 0 Å². The number of benzene rings is 1. The van der Waals surface area contributed by atoms with Crippen molar-refractivity contribution in [2.75, 3.05) is 6.61 Å². The number of hydrogen-bond donors (Lipinski definition) is 0. The molecule has 146 valence electrons. The fourth-order valence-electron chi connectivity index (χ4n) is 3.63. The predicted octanol–water partition coefficient (Wildman–Crippen LogP) is 4.82. The minimum atomic E-state index is 0.185. The molecule has 1 aromatic carbocycles. The molecule has 7 heteroatoms. The first-order chi connectivity index (χ1) is 13.7. The fourth-order valence-corrected chi connectivity index (χ4v) is 3.75. The number of ether oxygens (including phenoxy) is 2. The fraction of sp³-hybridized carbons (Fsp3) is 0.381. The molecule has 0 unspecified atom stereocenters. The summed E-state index contributed by atoms with van der Waals surface area (Å²) in [5.74, 6) is 1.93. The van der Waals surface area contributed by atoms with Gasteiger partial charge >= 0.3 is 6.01 Å². The molecular formula is C21H23ClN4O2. The first kappa shape index (κ1) is 18.7. The highest BCUT2D eigenvalue weighted by Crippen LogP contribution is 2.36. The van der Waals surface area contributed by atoms with Crippen molar-refractivity contribution in [3.05, 3.63) is 59.5 Å². The first-order valence-electron chi connectivity index (χ1n) is 9.66. The van der Waals surface area contributed by atoms with Gasteiger partial charge in [-0.05, 0) is 62.9 Å². The molecule has 1 saturated carbocycles.